The van der Waals surface area contributed by atoms with Crippen LogP contribution in [0.4, 0.5) is 5.82 Å². The second-order valence-corrected chi connectivity index (χ2v) is 8.90. The third kappa shape index (κ3) is 6.08. The van der Waals surface area contributed by atoms with Gasteiger partial charge in [0.2, 0.25) is 0 Å². The summed E-state index contributed by atoms with van der Waals surface area (Å²) < 4.78 is 36.5. The van der Waals surface area contributed by atoms with E-state index in [0.29, 0.717) is 0 Å². The minimum Gasteiger partial charge on any atom is -0.391 e. The van der Waals surface area contributed by atoms with Crippen LogP contribution in [0.1, 0.15) is 38.3 Å². The van der Waals surface area contributed by atoms with E-state index < -0.39 is 26.0 Å². The molecular formula is C17H29N4O7P. The first-order valence-electron chi connectivity index (χ1n) is 9.75. The van der Waals surface area contributed by atoms with E-state index in [0.717, 1.165) is 32.1 Å². The van der Waals surface area contributed by atoms with Gasteiger partial charge in [-0.05, 0) is 39.4 Å². The van der Waals surface area contributed by atoms with Gasteiger partial charge in [0.25, 0.3) is 0 Å². The Labute approximate surface area is 169 Å². The first kappa shape index (κ1) is 22.4. The molecule has 2 aliphatic rings. The number of aliphatic hydroxyl groups excluding tert-OH is 1. The first-order chi connectivity index (χ1) is 13.9. The van der Waals surface area contributed by atoms with Gasteiger partial charge in [-0.1, -0.05) is 12.8 Å². The van der Waals surface area contributed by atoms with E-state index in [1.807, 2.05) is 19.0 Å². The van der Waals surface area contributed by atoms with Crippen molar-refractivity contribution in [2.24, 2.45) is 0 Å². The number of anilines is 1. The van der Waals surface area contributed by atoms with Crippen LogP contribution in [0.2, 0.25) is 0 Å². The maximum Gasteiger partial charge on any atom is 0.435 e. The lowest BCUT2D eigenvalue weighted by Gasteiger charge is -2.30. The standard InChI is InChI=1S/C17H29N4O7P/c1-20(2)14-7-5-3-4-6-10-26-29(24,28-14)19-13-8-9-21(17(23)18-13)15-12-25-16(11-22)27-15/h8-9,14-16,22H,3-7,10-12H2,1-2H3,(H,18,19,23,24). The Bertz CT molecular complexity index is 774. The number of nitrogens with zero attached hydrogens (tertiary/aromatic N) is 3. The van der Waals surface area contributed by atoms with Crippen molar-refractivity contribution in [3.63, 3.8) is 0 Å². The summed E-state index contributed by atoms with van der Waals surface area (Å²) in [6.07, 6.45) is 4.16. The maximum absolute atomic E-state index is 13.3. The molecular weight excluding hydrogens is 403 g/mol. The fourth-order valence-electron chi connectivity index (χ4n) is 3.13. The summed E-state index contributed by atoms with van der Waals surface area (Å²) in [5.74, 6) is 0.0850. The average Bonchev–Trinajstić information content (AvgIpc) is 3.15. The highest BCUT2D eigenvalue weighted by molar-refractivity contribution is 7.55. The summed E-state index contributed by atoms with van der Waals surface area (Å²) in [4.78, 5) is 18.2. The minimum absolute atomic E-state index is 0.0850. The number of aromatic nitrogens is 2. The largest absolute Gasteiger partial charge is 0.435 e. The predicted molar refractivity (Wildman–Crippen MR) is 104 cm³/mol. The molecule has 3 heterocycles. The molecule has 0 bridgehead atoms. The monoisotopic (exact) mass is 432 g/mol. The Morgan fingerprint density at radius 1 is 1.34 bits per heavy atom. The van der Waals surface area contributed by atoms with Gasteiger partial charge in [0.15, 0.2) is 12.5 Å². The maximum atomic E-state index is 13.3. The summed E-state index contributed by atoms with van der Waals surface area (Å²) in [7, 11) is -0.0284. The van der Waals surface area contributed by atoms with Gasteiger partial charge in [0.1, 0.15) is 12.0 Å². The summed E-state index contributed by atoms with van der Waals surface area (Å²) in [5, 5.41) is 11.8. The topological polar surface area (TPSA) is 124 Å². The van der Waals surface area contributed by atoms with Crippen molar-refractivity contribution in [2.75, 3.05) is 39.0 Å². The van der Waals surface area contributed by atoms with Gasteiger partial charge >= 0.3 is 13.4 Å². The molecule has 4 atom stereocenters. The number of aliphatic hydroxyl groups is 1. The van der Waals surface area contributed by atoms with Gasteiger partial charge in [-0.3, -0.25) is 23.6 Å². The van der Waals surface area contributed by atoms with Crippen molar-refractivity contribution in [1.29, 1.82) is 0 Å². The van der Waals surface area contributed by atoms with Crippen molar-refractivity contribution in [2.45, 2.75) is 50.8 Å². The van der Waals surface area contributed by atoms with Crippen LogP contribution in [0.15, 0.2) is 17.1 Å². The van der Waals surface area contributed by atoms with Crippen LogP contribution in [0.25, 0.3) is 0 Å². The van der Waals surface area contributed by atoms with E-state index >= 15 is 0 Å². The third-order valence-electron chi connectivity index (χ3n) is 4.72. The molecule has 3 rings (SSSR count). The molecule has 0 saturated carbocycles. The molecule has 2 aliphatic heterocycles. The Balaban J connectivity index is 1.74. The Morgan fingerprint density at radius 3 is 2.83 bits per heavy atom. The van der Waals surface area contributed by atoms with Gasteiger partial charge in [-0.25, -0.2) is 9.36 Å². The highest BCUT2D eigenvalue weighted by Gasteiger charge is 2.32. The summed E-state index contributed by atoms with van der Waals surface area (Å²) >= 11 is 0. The summed E-state index contributed by atoms with van der Waals surface area (Å²) in [6.45, 7) is 0.106. The zero-order valence-electron chi connectivity index (χ0n) is 16.7. The Kier molecular flexibility index (Phi) is 7.80. The van der Waals surface area contributed by atoms with Crippen LogP contribution < -0.4 is 10.8 Å². The molecule has 12 heteroatoms. The zero-order valence-corrected chi connectivity index (χ0v) is 17.6. The molecule has 0 aliphatic carbocycles. The lowest BCUT2D eigenvalue weighted by Crippen LogP contribution is -2.32. The Morgan fingerprint density at radius 2 is 2.14 bits per heavy atom. The molecule has 11 nitrogen and oxygen atoms in total. The highest BCUT2D eigenvalue weighted by Crippen LogP contribution is 2.49. The van der Waals surface area contributed by atoms with Crippen LogP contribution in [0.5, 0.6) is 0 Å². The van der Waals surface area contributed by atoms with E-state index in [1.165, 1.54) is 16.8 Å². The van der Waals surface area contributed by atoms with E-state index in [9.17, 15) is 9.36 Å². The van der Waals surface area contributed by atoms with Gasteiger partial charge in [0, 0.05) is 6.20 Å². The molecule has 164 valence electrons. The fourth-order valence-corrected chi connectivity index (χ4v) is 4.70. The molecule has 1 aromatic rings. The van der Waals surface area contributed by atoms with Gasteiger partial charge in [0.05, 0.1) is 19.8 Å². The first-order valence-corrected chi connectivity index (χ1v) is 11.3. The van der Waals surface area contributed by atoms with Crippen LogP contribution in [0.3, 0.4) is 0 Å². The SMILES string of the molecule is CN(C)C1CCCCCCOP(=O)(Nc2ccn(C3COC(CO)O3)c(=O)n2)O1. The molecule has 0 radical (unpaired) electrons. The summed E-state index contributed by atoms with van der Waals surface area (Å²) in [5.41, 5.74) is -0.612. The molecule has 0 spiro atoms. The second kappa shape index (κ2) is 10.1. The van der Waals surface area contributed by atoms with Gasteiger partial charge < -0.3 is 14.6 Å². The van der Waals surface area contributed by atoms with E-state index in [-0.39, 0.29) is 31.9 Å². The van der Waals surface area contributed by atoms with Gasteiger partial charge in [-0.15, -0.1) is 0 Å². The molecule has 0 aromatic carbocycles. The van der Waals surface area contributed by atoms with E-state index in [4.69, 9.17) is 23.6 Å². The van der Waals surface area contributed by atoms with E-state index in [1.54, 1.807) is 0 Å². The highest BCUT2D eigenvalue weighted by atomic mass is 31.2. The number of hydrogen-bond acceptors (Lipinski definition) is 9. The molecule has 4 unspecified atom stereocenters. The van der Waals surface area contributed by atoms with Crippen LogP contribution in [-0.4, -0.2) is 66.0 Å². The second-order valence-electron chi connectivity index (χ2n) is 7.21. The normalized spacial score (nSPS) is 31.7. The molecule has 2 fully saturated rings. The van der Waals surface area contributed by atoms with Crippen LogP contribution in [0, 0.1) is 0 Å². The fraction of sp³-hybridized carbons (Fsp3) is 0.765. The van der Waals surface area contributed by atoms with Crippen molar-refractivity contribution >= 4 is 13.6 Å². The quantitative estimate of drug-likeness (QED) is 0.662. The van der Waals surface area contributed by atoms with Gasteiger partial charge in [-0.2, -0.15) is 4.98 Å². The lowest BCUT2D eigenvalue weighted by atomic mass is 10.1. The smallest absolute Gasteiger partial charge is 0.391 e. The van der Waals surface area contributed by atoms with Crippen molar-refractivity contribution in [3.8, 4) is 0 Å². The third-order valence-corrected chi connectivity index (χ3v) is 6.26. The zero-order chi connectivity index (χ0) is 20.9. The van der Waals surface area contributed by atoms with Crippen molar-refractivity contribution in [1.82, 2.24) is 14.5 Å². The van der Waals surface area contributed by atoms with Crippen LogP contribution in [-0.2, 0) is 23.1 Å². The molecule has 29 heavy (non-hydrogen) atoms. The molecule has 2 N–H and O–H groups in total. The number of hydrogen-bond donors (Lipinski definition) is 2. The number of ether oxygens (including phenoxy) is 2. The number of rotatable bonds is 5. The predicted octanol–water partition coefficient (Wildman–Crippen LogP) is 1.51. The van der Waals surface area contributed by atoms with Crippen molar-refractivity contribution in [3.05, 3.63) is 22.7 Å². The Hall–Kier alpha value is -1.33. The number of nitrogens with one attached hydrogen (secondary N) is 1. The summed E-state index contributed by atoms with van der Waals surface area (Å²) in [6, 6.07) is 1.49. The van der Waals surface area contributed by atoms with E-state index in [2.05, 4.69) is 10.1 Å². The van der Waals surface area contributed by atoms with Crippen molar-refractivity contribution < 1.29 is 28.2 Å². The lowest BCUT2D eigenvalue weighted by molar-refractivity contribution is -0.0992. The minimum atomic E-state index is -3.73. The molecule has 1 aromatic heterocycles. The average molecular weight is 432 g/mol. The molecule has 2 saturated heterocycles. The van der Waals surface area contributed by atoms with Crippen LogP contribution >= 0.6 is 7.75 Å². The molecule has 0 amide bonds.